The van der Waals surface area contributed by atoms with Crippen LogP contribution in [0.2, 0.25) is 0 Å². The van der Waals surface area contributed by atoms with Gasteiger partial charge in [-0.3, -0.25) is 9.03 Å². The molecule has 0 radical (unpaired) electrons. The first kappa shape index (κ1) is 18.7. The van der Waals surface area contributed by atoms with Gasteiger partial charge in [-0.2, -0.15) is 0 Å². The van der Waals surface area contributed by atoms with Crippen molar-refractivity contribution in [1.82, 2.24) is 0 Å². The Kier molecular flexibility index (Phi) is 4.98. The van der Waals surface area contributed by atoms with Crippen molar-refractivity contribution >= 4 is 31.4 Å². The molecule has 2 aromatic rings. The van der Waals surface area contributed by atoms with Crippen molar-refractivity contribution in [3.63, 3.8) is 0 Å². The molecule has 26 heavy (non-hydrogen) atoms. The van der Waals surface area contributed by atoms with Gasteiger partial charge in [0.05, 0.1) is 16.3 Å². The van der Waals surface area contributed by atoms with Gasteiger partial charge in [-0.1, -0.05) is 6.07 Å². The third kappa shape index (κ3) is 3.86. The lowest BCUT2D eigenvalue weighted by Crippen LogP contribution is -2.37. The average Bonchev–Trinajstić information content (AvgIpc) is 2.58. The second-order valence-electron chi connectivity index (χ2n) is 6.49. The van der Waals surface area contributed by atoms with Crippen molar-refractivity contribution in [2.24, 2.45) is 0 Å². The van der Waals surface area contributed by atoms with Crippen molar-refractivity contribution in [1.29, 1.82) is 0 Å². The third-order valence-corrected chi connectivity index (χ3v) is 7.81. The summed E-state index contributed by atoms with van der Waals surface area (Å²) in [5.74, 6) is 0.126. The zero-order valence-electron chi connectivity index (χ0n) is 14.8. The minimum absolute atomic E-state index is 0.0916. The van der Waals surface area contributed by atoms with Gasteiger partial charge in [0.25, 0.3) is 10.0 Å². The van der Waals surface area contributed by atoms with E-state index in [0.717, 1.165) is 17.5 Å². The van der Waals surface area contributed by atoms with Crippen LogP contribution in [0.3, 0.4) is 0 Å². The highest BCUT2D eigenvalue weighted by molar-refractivity contribution is 7.93. The Balaban J connectivity index is 1.84. The van der Waals surface area contributed by atoms with Crippen molar-refractivity contribution in [3.05, 3.63) is 53.6 Å². The molecule has 0 atom stereocenters. The number of benzene rings is 2. The molecule has 0 aromatic heterocycles. The maximum atomic E-state index is 12.6. The Morgan fingerprint density at radius 3 is 2.27 bits per heavy atom. The minimum Gasteiger partial charge on any atom is -0.280 e. The molecule has 1 saturated heterocycles. The fourth-order valence-corrected chi connectivity index (χ4v) is 5.58. The van der Waals surface area contributed by atoms with E-state index in [4.69, 9.17) is 0 Å². The molecular formula is C18H22N2O4S2. The maximum Gasteiger partial charge on any atom is 0.261 e. The summed E-state index contributed by atoms with van der Waals surface area (Å²) >= 11 is 0. The van der Waals surface area contributed by atoms with Crippen LogP contribution in [-0.4, -0.2) is 29.1 Å². The summed E-state index contributed by atoms with van der Waals surface area (Å²) in [5, 5.41) is 0. The smallest absolute Gasteiger partial charge is 0.261 e. The largest absolute Gasteiger partial charge is 0.280 e. The van der Waals surface area contributed by atoms with Crippen LogP contribution < -0.4 is 9.03 Å². The number of nitrogens with one attached hydrogen (secondary N) is 1. The van der Waals surface area contributed by atoms with Gasteiger partial charge in [-0.25, -0.2) is 16.8 Å². The highest BCUT2D eigenvalue weighted by Gasteiger charge is 2.26. The second-order valence-corrected chi connectivity index (χ2v) is 10.2. The Hall–Kier alpha value is -2.06. The van der Waals surface area contributed by atoms with E-state index in [1.807, 2.05) is 19.9 Å². The first-order valence-corrected chi connectivity index (χ1v) is 11.5. The van der Waals surface area contributed by atoms with Crippen LogP contribution in [0.1, 0.15) is 24.0 Å². The minimum atomic E-state index is -3.74. The van der Waals surface area contributed by atoms with E-state index < -0.39 is 20.0 Å². The summed E-state index contributed by atoms with van der Waals surface area (Å²) in [6.45, 7) is 4.30. The first-order valence-electron chi connectivity index (χ1n) is 8.40. The molecular weight excluding hydrogens is 372 g/mol. The van der Waals surface area contributed by atoms with Crippen LogP contribution in [0.25, 0.3) is 0 Å². The SMILES string of the molecule is Cc1ccc(NS(=O)(=O)c2ccc(N3CCCCS3(=O)=O)cc2)cc1C. The van der Waals surface area contributed by atoms with E-state index in [0.29, 0.717) is 24.3 Å². The van der Waals surface area contributed by atoms with Crippen molar-refractivity contribution in [2.45, 2.75) is 31.6 Å². The Morgan fingerprint density at radius 1 is 0.962 bits per heavy atom. The first-order chi connectivity index (χ1) is 12.2. The number of aryl methyl sites for hydroxylation is 2. The molecule has 0 amide bonds. The van der Waals surface area contributed by atoms with Gasteiger partial charge in [0, 0.05) is 12.2 Å². The molecule has 3 rings (SSSR count). The number of anilines is 2. The number of sulfonamides is 2. The van der Waals surface area contributed by atoms with E-state index in [1.54, 1.807) is 12.1 Å². The molecule has 8 heteroatoms. The zero-order chi connectivity index (χ0) is 18.9. The Bertz CT molecular complexity index is 1010. The van der Waals surface area contributed by atoms with Gasteiger partial charge < -0.3 is 0 Å². The lowest BCUT2D eigenvalue weighted by Gasteiger charge is -2.28. The summed E-state index contributed by atoms with van der Waals surface area (Å²) in [5.41, 5.74) is 3.07. The molecule has 0 unspecified atom stereocenters. The van der Waals surface area contributed by atoms with E-state index >= 15 is 0 Å². The van der Waals surface area contributed by atoms with Crippen LogP contribution in [0, 0.1) is 13.8 Å². The molecule has 1 heterocycles. The molecule has 2 aromatic carbocycles. The summed E-state index contributed by atoms with van der Waals surface area (Å²) < 4.78 is 53.4. The molecule has 0 bridgehead atoms. The topological polar surface area (TPSA) is 83.6 Å². The van der Waals surface area contributed by atoms with Gasteiger partial charge in [0.2, 0.25) is 10.0 Å². The predicted octanol–water partition coefficient (Wildman–Crippen LogP) is 3.03. The molecule has 1 aliphatic rings. The zero-order valence-corrected chi connectivity index (χ0v) is 16.4. The highest BCUT2D eigenvalue weighted by atomic mass is 32.2. The predicted molar refractivity (Wildman–Crippen MR) is 104 cm³/mol. The summed E-state index contributed by atoms with van der Waals surface area (Å²) in [7, 11) is -7.05. The molecule has 6 nitrogen and oxygen atoms in total. The number of hydrogen-bond donors (Lipinski definition) is 1. The highest BCUT2D eigenvalue weighted by Crippen LogP contribution is 2.26. The van der Waals surface area contributed by atoms with Crippen LogP contribution in [0.15, 0.2) is 47.4 Å². The van der Waals surface area contributed by atoms with Crippen LogP contribution in [-0.2, 0) is 20.0 Å². The quantitative estimate of drug-likeness (QED) is 0.864. The monoisotopic (exact) mass is 394 g/mol. The van der Waals surface area contributed by atoms with E-state index in [-0.39, 0.29) is 10.6 Å². The van der Waals surface area contributed by atoms with Crippen molar-refractivity contribution in [3.8, 4) is 0 Å². The van der Waals surface area contributed by atoms with Crippen LogP contribution in [0.4, 0.5) is 11.4 Å². The molecule has 0 saturated carbocycles. The van der Waals surface area contributed by atoms with E-state index in [2.05, 4.69) is 4.72 Å². The molecule has 1 aliphatic heterocycles. The van der Waals surface area contributed by atoms with Gasteiger partial charge in [0.1, 0.15) is 0 Å². The molecule has 1 fully saturated rings. The fraction of sp³-hybridized carbons (Fsp3) is 0.333. The van der Waals surface area contributed by atoms with Gasteiger partial charge in [-0.15, -0.1) is 0 Å². The standard InChI is InChI=1S/C18H22N2O4S2/c1-14-5-6-16(13-15(14)2)19-26(23,24)18-9-7-17(8-10-18)20-11-3-4-12-25(20,21)22/h5-10,13,19H,3-4,11-12H2,1-2H3. The number of nitrogens with zero attached hydrogens (tertiary/aromatic N) is 1. The second kappa shape index (κ2) is 6.92. The van der Waals surface area contributed by atoms with Crippen molar-refractivity contribution in [2.75, 3.05) is 21.3 Å². The van der Waals surface area contributed by atoms with Crippen molar-refractivity contribution < 1.29 is 16.8 Å². The number of rotatable bonds is 4. The van der Waals surface area contributed by atoms with Crippen LogP contribution in [0.5, 0.6) is 0 Å². The fourth-order valence-electron chi connectivity index (χ4n) is 2.89. The van der Waals surface area contributed by atoms with E-state index in [9.17, 15) is 16.8 Å². The maximum absolute atomic E-state index is 12.6. The molecule has 0 aliphatic carbocycles. The molecule has 0 spiro atoms. The van der Waals surface area contributed by atoms with Gasteiger partial charge in [0.15, 0.2) is 0 Å². The Labute approximate surface area is 155 Å². The lowest BCUT2D eigenvalue weighted by atomic mass is 10.1. The summed E-state index contributed by atoms with van der Waals surface area (Å²) in [6, 6.07) is 11.3. The Morgan fingerprint density at radius 2 is 1.65 bits per heavy atom. The normalized spacial score (nSPS) is 17.1. The molecule has 1 N–H and O–H groups in total. The number of hydrogen-bond acceptors (Lipinski definition) is 4. The van der Waals surface area contributed by atoms with Gasteiger partial charge in [-0.05, 0) is 74.2 Å². The third-order valence-electron chi connectivity index (χ3n) is 4.54. The average molecular weight is 395 g/mol. The lowest BCUT2D eigenvalue weighted by molar-refractivity contribution is 0.574. The van der Waals surface area contributed by atoms with Crippen LogP contribution >= 0.6 is 0 Å². The summed E-state index contributed by atoms with van der Waals surface area (Å²) in [4.78, 5) is 0.0916. The summed E-state index contributed by atoms with van der Waals surface area (Å²) in [6.07, 6.45) is 1.46. The van der Waals surface area contributed by atoms with E-state index in [1.165, 1.54) is 28.6 Å². The van der Waals surface area contributed by atoms with Gasteiger partial charge >= 0.3 is 0 Å². The molecule has 140 valence electrons.